The molecule has 1 saturated heterocycles. The van der Waals surface area contributed by atoms with Crippen molar-refractivity contribution in [1.82, 2.24) is 14.5 Å². The molecule has 3 aromatic rings. The number of benzene rings is 2. The molecule has 0 atom stereocenters. The largest absolute Gasteiger partial charge is 0.310 e. The monoisotopic (exact) mass is 424 g/mol. The van der Waals surface area contributed by atoms with Crippen molar-refractivity contribution in [3.05, 3.63) is 78.1 Å². The average Bonchev–Trinajstić information content (AvgIpc) is 3.30. The molecule has 2 aromatic carbocycles. The van der Waals surface area contributed by atoms with Crippen LogP contribution in [-0.4, -0.2) is 49.0 Å². The van der Waals surface area contributed by atoms with E-state index in [-0.39, 0.29) is 11.8 Å². The number of para-hydroxylation sites is 1. The van der Waals surface area contributed by atoms with Gasteiger partial charge in [-0.15, -0.1) is 0 Å². The maximum Gasteiger partial charge on any atom is 0.278 e. The molecule has 0 radical (unpaired) electrons. The molecule has 0 saturated carbocycles. The summed E-state index contributed by atoms with van der Waals surface area (Å²) in [7, 11) is -1.75. The highest BCUT2D eigenvalue weighted by Crippen LogP contribution is 2.30. The van der Waals surface area contributed by atoms with Crippen LogP contribution < -0.4 is 4.90 Å². The molecule has 1 amide bonds. The van der Waals surface area contributed by atoms with Crippen LogP contribution in [0.5, 0.6) is 0 Å². The predicted molar refractivity (Wildman–Crippen MR) is 115 cm³/mol. The molecule has 0 bridgehead atoms. The summed E-state index contributed by atoms with van der Waals surface area (Å²) in [4.78, 5) is 14.6. The van der Waals surface area contributed by atoms with E-state index in [0.29, 0.717) is 36.5 Å². The summed E-state index contributed by atoms with van der Waals surface area (Å²) < 4.78 is 27.1. The minimum Gasteiger partial charge on any atom is -0.310 e. The van der Waals surface area contributed by atoms with Gasteiger partial charge in [-0.05, 0) is 43.2 Å². The number of hydrogen-bond donors (Lipinski definition) is 1. The fraction of sp³-hybridized carbons (Fsp3) is 0.273. The molecular weight excluding hydrogens is 400 g/mol. The molecule has 1 fully saturated rings. The number of aromatic amines is 1. The van der Waals surface area contributed by atoms with E-state index in [9.17, 15) is 13.2 Å². The summed E-state index contributed by atoms with van der Waals surface area (Å²) in [6.45, 7) is 0.877. The summed E-state index contributed by atoms with van der Waals surface area (Å²) in [6.07, 6.45) is 1.35. The van der Waals surface area contributed by atoms with Crippen molar-refractivity contribution in [3.63, 3.8) is 0 Å². The van der Waals surface area contributed by atoms with Crippen LogP contribution >= 0.6 is 0 Å². The Morgan fingerprint density at radius 3 is 2.27 bits per heavy atom. The Bertz CT molecular complexity index is 1110. The maximum absolute atomic E-state index is 12.8. The maximum atomic E-state index is 12.8. The van der Waals surface area contributed by atoms with Crippen LogP contribution in [0.25, 0.3) is 0 Å². The number of piperidine rings is 1. The Hall–Kier alpha value is -2.97. The highest BCUT2D eigenvalue weighted by molar-refractivity contribution is 7.89. The van der Waals surface area contributed by atoms with Crippen molar-refractivity contribution in [1.29, 1.82) is 0 Å². The van der Waals surface area contributed by atoms with Gasteiger partial charge in [0.2, 0.25) is 10.0 Å². The lowest BCUT2D eigenvalue weighted by molar-refractivity contribution is 0.0988. The van der Waals surface area contributed by atoms with Gasteiger partial charge in [0.05, 0.1) is 4.90 Å². The molecule has 1 N–H and O–H groups in total. The molecule has 0 spiro atoms. The Morgan fingerprint density at radius 2 is 1.63 bits per heavy atom. The van der Waals surface area contributed by atoms with Crippen molar-refractivity contribution in [2.24, 2.45) is 0 Å². The fourth-order valence-electron chi connectivity index (χ4n) is 3.74. The molecule has 1 aliphatic rings. The Balaban J connectivity index is 1.42. The lowest BCUT2D eigenvalue weighted by Gasteiger charge is -2.30. The van der Waals surface area contributed by atoms with Gasteiger partial charge in [-0.25, -0.2) is 8.42 Å². The van der Waals surface area contributed by atoms with E-state index in [2.05, 4.69) is 10.2 Å². The normalized spacial score (nSPS) is 15.8. The molecule has 0 unspecified atom stereocenters. The van der Waals surface area contributed by atoms with Crippen LogP contribution in [0.3, 0.4) is 0 Å². The summed E-state index contributed by atoms with van der Waals surface area (Å²) >= 11 is 0. The van der Waals surface area contributed by atoms with Gasteiger partial charge in [-0.2, -0.15) is 9.40 Å². The van der Waals surface area contributed by atoms with Gasteiger partial charge < -0.3 is 4.90 Å². The van der Waals surface area contributed by atoms with E-state index < -0.39 is 10.0 Å². The topological polar surface area (TPSA) is 86.4 Å². The predicted octanol–water partition coefficient (Wildman–Crippen LogP) is 3.25. The van der Waals surface area contributed by atoms with E-state index >= 15 is 0 Å². The molecule has 8 heteroatoms. The third-order valence-electron chi connectivity index (χ3n) is 5.54. The zero-order chi connectivity index (χ0) is 21.1. The lowest BCUT2D eigenvalue weighted by Crippen LogP contribution is -2.37. The first-order chi connectivity index (χ1) is 14.5. The Morgan fingerprint density at radius 1 is 1.03 bits per heavy atom. The molecule has 1 aromatic heterocycles. The van der Waals surface area contributed by atoms with Crippen molar-refractivity contribution in [3.8, 4) is 0 Å². The number of anilines is 1. The zero-order valence-electron chi connectivity index (χ0n) is 16.7. The molecule has 1 aliphatic heterocycles. The highest BCUT2D eigenvalue weighted by atomic mass is 32.2. The zero-order valence-corrected chi connectivity index (χ0v) is 17.5. The van der Waals surface area contributed by atoms with Gasteiger partial charge in [0.15, 0.2) is 5.69 Å². The lowest BCUT2D eigenvalue weighted by atomic mass is 9.94. The first-order valence-corrected chi connectivity index (χ1v) is 11.3. The Kier molecular flexibility index (Phi) is 5.69. The number of hydrogen-bond acceptors (Lipinski definition) is 4. The van der Waals surface area contributed by atoms with Gasteiger partial charge in [0.25, 0.3) is 5.91 Å². The Labute approximate surface area is 176 Å². The second-order valence-corrected chi connectivity index (χ2v) is 9.34. The number of carbonyl (C=O) groups excluding carboxylic acids is 1. The van der Waals surface area contributed by atoms with Crippen LogP contribution in [0.15, 0.2) is 71.6 Å². The van der Waals surface area contributed by atoms with Gasteiger partial charge in [0.1, 0.15) is 0 Å². The van der Waals surface area contributed by atoms with Gasteiger partial charge in [0, 0.05) is 37.4 Å². The first kappa shape index (κ1) is 20.3. The second-order valence-electron chi connectivity index (χ2n) is 7.40. The standard InChI is InChI=1S/C22H24N4O3S/c1-25(18-8-4-2-5-9-18)22(27)21-16-20(23-24-21)17-12-14-26(15-13-17)30(28,29)19-10-6-3-7-11-19/h2-11,16-17H,12-15H2,1H3,(H,23,24). The van der Waals surface area contributed by atoms with Gasteiger partial charge >= 0.3 is 0 Å². The number of sulfonamides is 1. The van der Waals surface area contributed by atoms with Crippen molar-refractivity contribution in [2.75, 3.05) is 25.0 Å². The number of amides is 1. The molecule has 156 valence electrons. The number of H-pyrrole nitrogens is 1. The van der Waals surface area contributed by atoms with Gasteiger partial charge in [-0.3, -0.25) is 9.89 Å². The van der Waals surface area contributed by atoms with E-state index in [1.165, 1.54) is 4.31 Å². The summed E-state index contributed by atoms with van der Waals surface area (Å²) in [5.41, 5.74) is 2.03. The van der Waals surface area contributed by atoms with Crippen molar-refractivity contribution in [2.45, 2.75) is 23.7 Å². The highest BCUT2D eigenvalue weighted by Gasteiger charge is 2.31. The summed E-state index contributed by atoms with van der Waals surface area (Å²) in [5.74, 6) is -0.0453. The summed E-state index contributed by atoms with van der Waals surface area (Å²) in [6, 6.07) is 19.7. The second kappa shape index (κ2) is 8.41. The molecule has 0 aliphatic carbocycles. The van der Waals surface area contributed by atoms with Crippen molar-refractivity contribution >= 4 is 21.6 Å². The minimum absolute atomic E-state index is 0.142. The quantitative estimate of drug-likeness (QED) is 0.681. The average molecular weight is 425 g/mol. The molecule has 2 heterocycles. The first-order valence-electron chi connectivity index (χ1n) is 9.90. The SMILES string of the molecule is CN(C(=O)c1cc(C2CCN(S(=O)(=O)c3ccccc3)CC2)[nH]n1)c1ccccc1. The van der Waals surface area contributed by atoms with Gasteiger partial charge in [-0.1, -0.05) is 36.4 Å². The van der Waals surface area contributed by atoms with E-state index in [1.54, 1.807) is 48.3 Å². The molecule has 7 nitrogen and oxygen atoms in total. The van der Waals surface area contributed by atoms with Crippen LogP contribution in [-0.2, 0) is 10.0 Å². The van der Waals surface area contributed by atoms with Crippen LogP contribution in [0.2, 0.25) is 0 Å². The number of nitrogens with one attached hydrogen (secondary N) is 1. The third-order valence-corrected chi connectivity index (χ3v) is 7.45. The van der Waals surface area contributed by atoms with Crippen molar-refractivity contribution < 1.29 is 13.2 Å². The fourth-order valence-corrected chi connectivity index (χ4v) is 5.24. The van der Waals surface area contributed by atoms with E-state index in [4.69, 9.17) is 0 Å². The number of nitrogens with zero attached hydrogens (tertiary/aromatic N) is 3. The van der Waals surface area contributed by atoms with Crippen LogP contribution in [0.1, 0.15) is 34.9 Å². The number of rotatable bonds is 5. The summed E-state index contributed by atoms with van der Waals surface area (Å²) in [5, 5.41) is 7.19. The molecular formula is C22H24N4O3S. The number of carbonyl (C=O) groups is 1. The van der Waals surface area contributed by atoms with Crippen LogP contribution in [0, 0.1) is 0 Å². The number of aromatic nitrogens is 2. The molecule has 4 rings (SSSR count). The van der Waals surface area contributed by atoms with E-state index in [0.717, 1.165) is 11.4 Å². The van der Waals surface area contributed by atoms with E-state index in [1.807, 2.05) is 30.3 Å². The smallest absolute Gasteiger partial charge is 0.278 e. The third kappa shape index (κ3) is 4.01. The van der Waals surface area contributed by atoms with Crippen LogP contribution in [0.4, 0.5) is 5.69 Å². The molecule has 30 heavy (non-hydrogen) atoms. The minimum atomic E-state index is -3.47.